The minimum atomic E-state index is 0. The van der Waals surface area contributed by atoms with E-state index in [9.17, 15) is 0 Å². The molecule has 1 unspecified atom stereocenters. The van der Waals surface area contributed by atoms with E-state index < -0.39 is 0 Å². The Morgan fingerprint density at radius 3 is 2.85 bits per heavy atom. The first-order valence-corrected chi connectivity index (χ1v) is 9.46. The Hall–Kier alpha value is -0.860. The molecule has 0 aromatic heterocycles. The van der Waals surface area contributed by atoms with Crippen LogP contribution < -0.4 is 5.32 Å². The number of guanidine groups is 1. The number of benzene rings is 1. The molecule has 1 atom stereocenters. The van der Waals surface area contributed by atoms with Gasteiger partial charge in [-0.15, -0.1) is 24.0 Å². The van der Waals surface area contributed by atoms with Gasteiger partial charge in [0.05, 0.1) is 13.2 Å². The van der Waals surface area contributed by atoms with Gasteiger partial charge in [0.15, 0.2) is 5.96 Å². The zero-order valence-corrected chi connectivity index (χ0v) is 18.1. The van der Waals surface area contributed by atoms with E-state index in [1.54, 1.807) is 0 Å². The van der Waals surface area contributed by atoms with E-state index in [1.165, 1.54) is 18.4 Å². The molecule has 1 aromatic carbocycles. The third-order valence-corrected chi connectivity index (χ3v) is 5.24. The summed E-state index contributed by atoms with van der Waals surface area (Å²) in [6.07, 6.45) is 4.57. The number of hydrogen-bond acceptors (Lipinski definition) is 3. The van der Waals surface area contributed by atoms with Gasteiger partial charge in [0, 0.05) is 45.3 Å². The first kappa shape index (κ1) is 21.4. The average Bonchev–Trinajstić information content (AvgIpc) is 3.28. The topological polar surface area (TPSA) is 46.1 Å². The largest absolute Gasteiger partial charge is 0.381 e. The quantitative estimate of drug-likeness (QED) is 0.286. The van der Waals surface area contributed by atoms with E-state index in [0.29, 0.717) is 12.0 Å². The second-order valence-corrected chi connectivity index (χ2v) is 7.19. The third kappa shape index (κ3) is 6.09. The Bertz CT molecular complexity index is 547. The molecule has 2 saturated heterocycles. The summed E-state index contributed by atoms with van der Waals surface area (Å²) in [5, 5.41) is 3.51. The standard InChI is InChI=1S/C20H31N3O2.HI/c1-21-19(23-12-9-20(16-23)10-14-25-17-20)22-11-5-6-13-24-15-18-7-3-2-4-8-18;/h2-4,7-8H,5-6,9-17H2,1H3,(H,21,22);1H. The van der Waals surface area contributed by atoms with Crippen molar-refractivity contribution in [1.29, 1.82) is 0 Å². The molecule has 1 aromatic rings. The summed E-state index contributed by atoms with van der Waals surface area (Å²) < 4.78 is 11.3. The Morgan fingerprint density at radius 2 is 2.12 bits per heavy atom. The molecule has 0 amide bonds. The van der Waals surface area contributed by atoms with Gasteiger partial charge in [-0.3, -0.25) is 4.99 Å². The second kappa shape index (κ2) is 11.1. The highest BCUT2D eigenvalue weighted by Gasteiger charge is 2.42. The van der Waals surface area contributed by atoms with E-state index in [1.807, 2.05) is 13.1 Å². The number of rotatable bonds is 7. The van der Waals surface area contributed by atoms with Gasteiger partial charge in [0.2, 0.25) is 0 Å². The van der Waals surface area contributed by atoms with Crippen LogP contribution in [0.1, 0.15) is 31.2 Å². The van der Waals surface area contributed by atoms with E-state index in [2.05, 4.69) is 39.5 Å². The summed E-state index contributed by atoms with van der Waals surface area (Å²) in [6, 6.07) is 10.3. The van der Waals surface area contributed by atoms with Crippen molar-refractivity contribution in [3.8, 4) is 0 Å². The highest BCUT2D eigenvalue weighted by molar-refractivity contribution is 14.0. The zero-order chi connectivity index (χ0) is 17.4. The summed E-state index contributed by atoms with van der Waals surface area (Å²) in [5.41, 5.74) is 1.61. The summed E-state index contributed by atoms with van der Waals surface area (Å²) in [4.78, 5) is 6.85. The lowest BCUT2D eigenvalue weighted by molar-refractivity contribution is 0.117. The van der Waals surface area contributed by atoms with Crippen molar-refractivity contribution in [3.63, 3.8) is 0 Å². The Labute approximate surface area is 174 Å². The summed E-state index contributed by atoms with van der Waals surface area (Å²) in [6.45, 7) is 6.45. The van der Waals surface area contributed by atoms with Gasteiger partial charge >= 0.3 is 0 Å². The van der Waals surface area contributed by atoms with Crippen LogP contribution in [0.5, 0.6) is 0 Å². The normalized spacial score (nSPS) is 22.7. The van der Waals surface area contributed by atoms with Gasteiger partial charge < -0.3 is 19.7 Å². The predicted octanol–water partition coefficient (Wildman–Crippen LogP) is 3.29. The SMILES string of the molecule is CN=C(NCCCCOCc1ccccc1)N1CCC2(CCOC2)C1.I. The minimum absolute atomic E-state index is 0. The van der Waals surface area contributed by atoms with Gasteiger partial charge in [-0.1, -0.05) is 30.3 Å². The number of nitrogens with zero attached hydrogens (tertiary/aromatic N) is 2. The molecule has 0 radical (unpaired) electrons. The highest BCUT2D eigenvalue weighted by atomic mass is 127. The molecule has 6 heteroatoms. The van der Waals surface area contributed by atoms with E-state index in [0.717, 1.165) is 58.3 Å². The van der Waals surface area contributed by atoms with Crippen molar-refractivity contribution in [1.82, 2.24) is 10.2 Å². The molecular weight excluding hydrogens is 441 g/mol. The van der Waals surface area contributed by atoms with Gasteiger partial charge in [-0.2, -0.15) is 0 Å². The molecule has 0 aliphatic carbocycles. The molecule has 2 heterocycles. The molecule has 0 bridgehead atoms. The van der Waals surface area contributed by atoms with Crippen molar-refractivity contribution in [3.05, 3.63) is 35.9 Å². The van der Waals surface area contributed by atoms with Crippen molar-refractivity contribution in [2.45, 2.75) is 32.3 Å². The summed E-state index contributed by atoms with van der Waals surface area (Å²) >= 11 is 0. The van der Waals surface area contributed by atoms with Crippen LogP contribution >= 0.6 is 24.0 Å². The number of hydrogen-bond donors (Lipinski definition) is 1. The second-order valence-electron chi connectivity index (χ2n) is 7.19. The van der Waals surface area contributed by atoms with Crippen LogP contribution in [-0.4, -0.2) is 57.4 Å². The first-order valence-electron chi connectivity index (χ1n) is 9.46. The van der Waals surface area contributed by atoms with E-state index in [-0.39, 0.29) is 24.0 Å². The van der Waals surface area contributed by atoms with Crippen molar-refractivity contribution in [2.75, 3.05) is 46.5 Å². The number of nitrogens with one attached hydrogen (secondary N) is 1. The monoisotopic (exact) mass is 473 g/mol. The maximum absolute atomic E-state index is 5.73. The fourth-order valence-electron chi connectivity index (χ4n) is 3.71. The van der Waals surface area contributed by atoms with Crippen LogP contribution in [0.3, 0.4) is 0 Å². The van der Waals surface area contributed by atoms with Crippen LogP contribution in [0.15, 0.2) is 35.3 Å². The lowest BCUT2D eigenvalue weighted by Crippen LogP contribution is -2.41. The van der Waals surface area contributed by atoms with Crippen LogP contribution in [0.4, 0.5) is 0 Å². The minimum Gasteiger partial charge on any atom is -0.381 e. The van der Waals surface area contributed by atoms with Crippen LogP contribution in [-0.2, 0) is 16.1 Å². The fraction of sp³-hybridized carbons (Fsp3) is 0.650. The molecule has 26 heavy (non-hydrogen) atoms. The molecule has 1 N–H and O–H groups in total. The molecule has 146 valence electrons. The summed E-state index contributed by atoms with van der Waals surface area (Å²) in [5.74, 6) is 1.04. The fourth-order valence-corrected chi connectivity index (χ4v) is 3.71. The van der Waals surface area contributed by atoms with E-state index in [4.69, 9.17) is 9.47 Å². The zero-order valence-electron chi connectivity index (χ0n) is 15.8. The van der Waals surface area contributed by atoms with Crippen LogP contribution in [0, 0.1) is 5.41 Å². The van der Waals surface area contributed by atoms with Gasteiger partial charge in [-0.05, 0) is 31.2 Å². The molecule has 1 spiro atoms. The molecular formula is C20H32IN3O2. The number of likely N-dealkylation sites (tertiary alicyclic amines) is 1. The first-order chi connectivity index (χ1) is 12.3. The van der Waals surface area contributed by atoms with Crippen molar-refractivity contribution in [2.24, 2.45) is 10.4 Å². The maximum Gasteiger partial charge on any atom is 0.193 e. The van der Waals surface area contributed by atoms with E-state index >= 15 is 0 Å². The lowest BCUT2D eigenvalue weighted by Gasteiger charge is -2.24. The molecule has 2 fully saturated rings. The van der Waals surface area contributed by atoms with Gasteiger partial charge in [0.1, 0.15) is 0 Å². The predicted molar refractivity (Wildman–Crippen MR) is 116 cm³/mol. The van der Waals surface area contributed by atoms with Gasteiger partial charge in [-0.25, -0.2) is 0 Å². The highest BCUT2D eigenvalue weighted by Crippen LogP contribution is 2.38. The number of aliphatic imine (C=N–C) groups is 1. The third-order valence-electron chi connectivity index (χ3n) is 5.24. The molecule has 0 saturated carbocycles. The molecule has 5 nitrogen and oxygen atoms in total. The van der Waals surface area contributed by atoms with Gasteiger partial charge in [0.25, 0.3) is 0 Å². The molecule has 2 aliphatic heterocycles. The number of halogens is 1. The Balaban J connectivity index is 0.00000243. The van der Waals surface area contributed by atoms with Crippen molar-refractivity contribution < 1.29 is 9.47 Å². The van der Waals surface area contributed by atoms with Crippen LogP contribution in [0.2, 0.25) is 0 Å². The average molecular weight is 473 g/mol. The number of ether oxygens (including phenoxy) is 2. The lowest BCUT2D eigenvalue weighted by atomic mass is 9.87. The number of unbranched alkanes of at least 4 members (excludes halogenated alkanes) is 1. The summed E-state index contributed by atoms with van der Waals surface area (Å²) in [7, 11) is 1.88. The Kier molecular flexibility index (Phi) is 9.15. The Morgan fingerprint density at radius 1 is 1.27 bits per heavy atom. The van der Waals surface area contributed by atoms with Crippen LogP contribution in [0.25, 0.3) is 0 Å². The molecule has 2 aliphatic rings. The smallest absolute Gasteiger partial charge is 0.193 e. The molecule has 3 rings (SSSR count). The van der Waals surface area contributed by atoms with Crippen molar-refractivity contribution >= 4 is 29.9 Å². The maximum atomic E-state index is 5.73.